The number of ether oxygens (including phenoxy) is 2. The number of benzene rings is 1. The van der Waals surface area contributed by atoms with E-state index in [2.05, 4.69) is 4.99 Å². The Hall–Kier alpha value is -1.93. The van der Waals surface area contributed by atoms with Crippen LogP contribution in [0.15, 0.2) is 17.1 Å². The summed E-state index contributed by atoms with van der Waals surface area (Å²) in [5, 5.41) is 8.99. The number of aliphatic imine (C=N–C) groups is 1. The van der Waals surface area contributed by atoms with Gasteiger partial charge >= 0.3 is 0 Å². The first-order valence-electron chi connectivity index (χ1n) is 5.32. The van der Waals surface area contributed by atoms with Gasteiger partial charge in [0.1, 0.15) is 6.07 Å². The normalized spacial score (nSPS) is 10.3. The molecule has 0 aliphatic rings. The molecule has 1 rings (SSSR count). The number of nitrogens with two attached hydrogens (primary N) is 1. The van der Waals surface area contributed by atoms with Gasteiger partial charge in [-0.3, -0.25) is 0 Å². The highest BCUT2D eigenvalue weighted by Gasteiger charge is 2.10. The lowest BCUT2D eigenvalue weighted by molar-refractivity contribution is 0.295. The molecule has 0 radical (unpaired) electrons. The van der Waals surface area contributed by atoms with E-state index in [1.165, 1.54) is 7.11 Å². The van der Waals surface area contributed by atoms with Crippen LogP contribution < -0.4 is 15.2 Å². The molecule has 0 saturated carbocycles. The highest BCUT2D eigenvalue weighted by Crippen LogP contribution is 2.34. The van der Waals surface area contributed by atoms with Crippen molar-refractivity contribution in [2.24, 2.45) is 10.7 Å². The van der Waals surface area contributed by atoms with Gasteiger partial charge in [0, 0.05) is 18.0 Å². The summed E-state index contributed by atoms with van der Waals surface area (Å²) in [6.07, 6.45) is 1.85. The lowest BCUT2D eigenvalue weighted by Gasteiger charge is -2.11. The van der Waals surface area contributed by atoms with E-state index in [-0.39, 0.29) is 0 Å². The Kier molecular flexibility index (Phi) is 5.81. The summed E-state index contributed by atoms with van der Waals surface area (Å²) in [4.78, 5) is 3.91. The van der Waals surface area contributed by atoms with Crippen LogP contribution in [0.3, 0.4) is 0 Å². The van der Waals surface area contributed by atoms with Crippen LogP contribution in [0.5, 0.6) is 11.5 Å². The second-order valence-corrected chi connectivity index (χ2v) is 3.68. The highest BCUT2D eigenvalue weighted by molar-refractivity contribution is 6.17. The lowest BCUT2D eigenvalue weighted by atomic mass is 10.1. The Bertz CT molecular complexity index is 469. The monoisotopic (exact) mass is 267 g/mol. The number of nitriles is 1. The van der Waals surface area contributed by atoms with Crippen LogP contribution in [0.1, 0.15) is 12.0 Å². The van der Waals surface area contributed by atoms with E-state index in [9.17, 15) is 0 Å². The molecule has 2 N–H and O–H groups in total. The molecule has 0 aliphatic heterocycles. The first-order chi connectivity index (χ1) is 8.76. The first kappa shape index (κ1) is 14.1. The molecule has 0 spiro atoms. The maximum Gasteiger partial charge on any atom is 0.163 e. The minimum atomic E-state index is 0.373. The molecule has 1 aromatic rings. The Morgan fingerprint density at radius 1 is 1.50 bits per heavy atom. The van der Waals surface area contributed by atoms with Crippen molar-refractivity contribution in [2.45, 2.75) is 6.42 Å². The van der Waals surface area contributed by atoms with Crippen LogP contribution in [0.4, 0.5) is 5.69 Å². The molecular weight excluding hydrogens is 254 g/mol. The van der Waals surface area contributed by atoms with Gasteiger partial charge in [0.25, 0.3) is 0 Å². The van der Waals surface area contributed by atoms with E-state index in [1.54, 1.807) is 12.1 Å². The van der Waals surface area contributed by atoms with Gasteiger partial charge in [-0.05, 0) is 6.42 Å². The van der Waals surface area contributed by atoms with Gasteiger partial charge in [-0.25, -0.2) is 4.99 Å². The Morgan fingerprint density at radius 3 is 2.83 bits per heavy atom. The maximum absolute atomic E-state index is 8.99. The molecule has 0 bridgehead atoms. The van der Waals surface area contributed by atoms with E-state index in [4.69, 9.17) is 32.1 Å². The molecule has 5 nitrogen and oxygen atoms in total. The van der Waals surface area contributed by atoms with Crippen LogP contribution in [-0.4, -0.2) is 25.9 Å². The number of methoxy groups -OCH3 is 1. The molecule has 6 heteroatoms. The minimum absolute atomic E-state index is 0.373. The average molecular weight is 268 g/mol. The van der Waals surface area contributed by atoms with Gasteiger partial charge in [-0.15, -0.1) is 11.6 Å². The number of nitrogens with zero attached hydrogens (tertiary/aromatic N) is 2. The second kappa shape index (κ2) is 7.41. The van der Waals surface area contributed by atoms with Gasteiger partial charge in [0.2, 0.25) is 0 Å². The summed E-state index contributed by atoms with van der Waals surface area (Å²) in [6.45, 7) is 0.470. The van der Waals surface area contributed by atoms with Crippen molar-refractivity contribution in [2.75, 3.05) is 19.6 Å². The zero-order valence-electron chi connectivity index (χ0n) is 10.0. The van der Waals surface area contributed by atoms with Crippen molar-refractivity contribution in [3.8, 4) is 17.6 Å². The topological polar surface area (TPSA) is 80.6 Å². The van der Waals surface area contributed by atoms with E-state index in [0.717, 1.165) is 12.8 Å². The fourth-order valence-corrected chi connectivity index (χ4v) is 1.44. The molecular formula is C12H14ClN3O2. The Labute approximate surface area is 111 Å². The quantitative estimate of drug-likeness (QED) is 0.371. The fourth-order valence-electron chi connectivity index (χ4n) is 1.33. The number of alkyl halides is 1. The summed E-state index contributed by atoms with van der Waals surface area (Å²) in [5.74, 6) is 1.52. The Morgan fingerprint density at radius 2 is 2.28 bits per heavy atom. The van der Waals surface area contributed by atoms with Crippen molar-refractivity contribution in [1.82, 2.24) is 0 Å². The molecule has 0 fully saturated rings. The summed E-state index contributed by atoms with van der Waals surface area (Å²) < 4.78 is 10.7. The first-order valence-corrected chi connectivity index (χ1v) is 5.85. The molecule has 1 aromatic carbocycles. The molecule has 0 aromatic heterocycles. The van der Waals surface area contributed by atoms with E-state index < -0.39 is 0 Å². The Balaban J connectivity index is 3.07. The molecule has 0 atom stereocenters. The molecule has 0 aliphatic carbocycles. The maximum atomic E-state index is 8.99. The van der Waals surface area contributed by atoms with Crippen molar-refractivity contribution in [3.05, 3.63) is 17.7 Å². The van der Waals surface area contributed by atoms with E-state index in [1.807, 2.05) is 6.07 Å². The third-order valence-corrected chi connectivity index (χ3v) is 2.42. The highest BCUT2D eigenvalue weighted by atomic mass is 35.5. The van der Waals surface area contributed by atoms with Crippen molar-refractivity contribution < 1.29 is 9.47 Å². The zero-order valence-corrected chi connectivity index (χ0v) is 10.8. The molecule has 0 amide bonds. The van der Waals surface area contributed by atoms with Crippen LogP contribution in [-0.2, 0) is 0 Å². The van der Waals surface area contributed by atoms with Crippen LogP contribution >= 0.6 is 11.6 Å². The third-order valence-electron chi connectivity index (χ3n) is 2.15. The van der Waals surface area contributed by atoms with Gasteiger partial charge in [-0.1, -0.05) is 0 Å². The van der Waals surface area contributed by atoms with Crippen molar-refractivity contribution >= 4 is 23.6 Å². The number of halogens is 1. The van der Waals surface area contributed by atoms with Gasteiger partial charge in [-0.2, -0.15) is 5.26 Å². The predicted octanol–water partition coefficient (Wildman–Crippen LogP) is 2.19. The van der Waals surface area contributed by atoms with Gasteiger partial charge in [0.15, 0.2) is 11.5 Å². The van der Waals surface area contributed by atoms with Crippen LogP contribution in [0, 0.1) is 11.3 Å². The molecule has 0 saturated heterocycles. The third kappa shape index (κ3) is 3.54. The number of rotatable bonds is 6. The average Bonchev–Trinajstić information content (AvgIpc) is 2.39. The molecule has 0 unspecified atom stereocenters. The van der Waals surface area contributed by atoms with Crippen LogP contribution in [0.2, 0.25) is 0 Å². The SMILES string of the molecule is COc1cc(C#N)c(N=CN)cc1OCCCCl. The fraction of sp³-hybridized carbons (Fsp3) is 0.333. The molecule has 18 heavy (non-hydrogen) atoms. The summed E-state index contributed by atoms with van der Waals surface area (Å²) in [7, 11) is 1.51. The summed E-state index contributed by atoms with van der Waals surface area (Å²) in [5.41, 5.74) is 6.06. The van der Waals surface area contributed by atoms with Crippen molar-refractivity contribution in [3.63, 3.8) is 0 Å². The van der Waals surface area contributed by atoms with E-state index in [0.29, 0.717) is 35.2 Å². The zero-order chi connectivity index (χ0) is 13.4. The molecule has 0 heterocycles. The lowest BCUT2D eigenvalue weighted by Crippen LogP contribution is -2.00. The standard InChI is InChI=1S/C12H14ClN3O2/c1-17-11-5-9(7-14)10(16-8-15)6-12(11)18-4-2-3-13/h5-6,8H,2-4H2,1H3,(H2,15,16). The van der Waals surface area contributed by atoms with Gasteiger partial charge < -0.3 is 15.2 Å². The van der Waals surface area contributed by atoms with E-state index >= 15 is 0 Å². The second-order valence-electron chi connectivity index (χ2n) is 3.30. The predicted molar refractivity (Wildman–Crippen MR) is 70.9 cm³/mol. The van der Waals surface area contributed by atoms with Crippen LogP contribution in [0.25, 0.3) is 0 Å². The summed E-state index contributed by atoms with van der Waals surface area (Å²) >= 11 is 5.58. The largest absolute Gasteiger partial charge is 0.493 e. The number of hydrogen-bond acceptors (Lipinski definition) is 4. The number of hydrogen-bond donors (Lipinski definition) is 1. The summed E-state index contributed by atoms with van der Waals surface area (Å²) in [6, 6.07) is 5.21. The smallest absolute Gasteiger partial charge is 0.163 e. The van der Waals surface area contributed by atoms with Crippen molar-refractivity contribution in [1.29, 1.82) is 5.26 Å². The minimum Gasteiger partial charge on any atom is -0.493 e. The van der Waals surface area contributed by atoms with Gasteiger partial charge in [0.05, 0.1) is 31.3 Å². The molecule has 96 valence electrons.